The molecule has 1 aromatic rings. The zero-order valence-electron chi connectivity index (χ0n) is 24.5. The van der Waals surface area contributed by atoms with Crippen LogP contribution in [0, 0.1) is 46.8 Å². The summed E-state index contributed by atoms with van der Waals surface area (Å²) in [7, 11) is -2.02. The van der Waals surface area contributed by atoms with Gasteiger partial charge in [0.2, 0.25) is 34.8 Å². The molecule has 38 heavy (non-hydrogen) atoms. The summed E-state index contributed by atoms with van der Waals surface area (Å²) in [5.41, 5.74) is 2.25. The number of ether oxygens (including phenoxy) is 1. The third-order valence-corrected chi connectivity index (χ3v) is 11.8. The molecule has 0 aliphatic rings. The molecule has 0 N–H and O–H groups in total. The van der Waals surface area contributed by atoms with E-state index in [4.69, 9.17) is 4.43 Å². The predicted molar refractivity (Wildman–Crippen MR) is 144 cm³/mol. The molecule has 0 aliphatic carbocycles. The molecule has 0 unspecified atom stereocenters. The van der Waals surface area contributed by atoms with Gasteiger partial charge < -0.3 is 9.16 Å². The molecule has 0 saturated carbocycles. The van der Waals surface area contributed by atoms with Crippen LogP contribution in [0.2, 0.25) is 18.1 Å². The van der Waals surface area contributed by atoms with E-state index in [1.54, 1.807) is 0 Å². The van der Waals surface area contributed by atoms with Gasteiger partial charge in [-0.25, -0.2) is 13.2 Å². The summed E-state index contributed by atoms with van der Waals surface area (Å²) in [5.74, 6) is -14.4. The highest BCUT2D eigenvalue weighted by atomic mass is 28.4. The van der Waals surface area contributed by atoms with E-state index in [0.29, 0.717) is 12.8 Å². The van der Waals surface area contributed by atoms with Crippen LogP contribution in [0.15, 0.2) is 23.3 Å². The predicted octanol–water partition coefficient (Wildman–Crippen LogP) is 9.28. The van der Waals surface area contributed by atoms with Crippen LogP contribution in [0.3, 0.4) is 0 Å². The Bertz CT molecular complexity index is 1030. The fourth-order valence-electron chi connectivity index (χ4n) is 4.09. The topological polar surface area (TPSA) is 35.5 Å². The Morgan fingerprint density at radius 2 is 1.39 bits per heavy atom. The highest BCUT2D eigenvalue weighted by Gasteiger charge is 2.40. The minimum absolute atomic E-state index is 0.0139. The lowest BCUT2D eigenvalue weighted by Crippen LogP contribution is -2.45. The van der Waals surface area contributed by atoms with E-state index in [2.05, 4.69) is 64.6 Å². The smallest absolute Gasteiger partial charge is 0.314 e. The van der Waals surface area contributed by atoms with Crippen molar-refractivity contribution < 1.29 is 35.9 Å². The van der Waals surface area contributed by atoms with Gasteiger partial charge in [-0.2, -0.15) is 8.78 Å². The maximum absolute atomic E-state index is 13.9. The summed E-state index contributed by atoms with van der Waals surface area (Å²) in [6.45, 7) is 22.6. The highest BCUT2D eigenvalue weighted by molar-refractivity contribution is 6.74. The van der Waals surface area contributed by atoms with E-state index in [1.165, 1.54) is 6.92 Å². The fraction of sp³-hybridized carbons (Fsp3) is 0.621. The number of esters is 1. The molecule has 0 heterocycles. The normalized spacial score (nSPS) is 16.7. The van der Waals surface area contributed by atoms with Gasteiger partial charge in [-0.15, -0.1) is 0 Å². The van der Waals surface area contributed by atoms with Gasteiger partial charge in [-0.3, -0.25) is 4.79 Å². The molecule has 216 valence electrons. The van der Waals surface area contributed by atoms with Gasteiger partial charge in [0.05, 0.1) is 12.0 Å². The zero-order chi connectivity index (χ0) is 29.7. The maximum atomic E-state index is 13.9. The van der Waals surface area contributed by atoms with Gasteiger partial charge in [0.25, 0.3) is 0 Å². The van der Waals surface area contributed by atoms with Crippen molar-refractivity contribution in [3.8, 4) is 5.75 Å². The Kier molecular flexibility index (Phi) is 12.0. The average molecular weight is 563 g/mol. The van der Waals surface area contributed by atoms with Crippen molar-refractivity contribution in [3.63, 3.8) is 0 Å². The van der Waals surface area contributed by atoms with Gasteiger partial charge in [-0.05, 0) is 63.2 Å². The number of hydrogen-bond donors (Lipinski definition) is 0. The van der Waals surface area contributed by atoms with Crippen LogP contribution in [0.25, 0.3) is 0 Å². The first-order chi connectivity index (χ1) is 17.2. The van der Waals surface area contributed by atoms with Crippen molar-refractivity contribution in [2.45, 2.75) is 99.4 Å². The number of halogens is 5. The number of rotatable bonds is 11. The van der Waals surface area contributed by atoms with Gasteiger partial charge in [0.15, 0.2) is 8.32 Å². The minimum Gasteiger partial charge on any atom is -0.420 e. The Morgan fingerprint density at radius 3 is 1.84 bits per heavy atom. The second-order valence-electron chi connectivity index (χ2n) is 12.0. The Balaban J connectivity index is 2.93. The summed E-state index contributed by atoms with van der Waals surface area (Å²) in [4.78, 5) is 12.4. The molecule has 0 radical (unpaired) electrons. The van der Waals surface area contributed by atoms with Crippen LogP contribution in [0.5, 0.6) is 5.75 Å². The van der Waals surface area contributed by atoms with Crippen molar-refractivity contribution in [3.05, 3.63) is 52.4 Å². The van der Waals surface area contributed by atoms with Crippen LogP contribution in [0.4, 0.5) is 22.0 Å². The first-order valence-electron chi connectivity index (χ1n) is 13.0. The second-order valence-corrected chi connectivity index (χ2v) is 16.7. The third-order valence-electron chi connectivity index (χ3n) is 7.36. The summed E-state index contributed by atoms with van der Waals surface area (Å²) in [6.07, 6.45) is 5.11. The summed E-state index contributed by atoms with van der Waals surface area (Å²) < 4.78 is 79.2. The van der Waals surface area contributed by atoms with Gasteiger partial charge in [0.1, 0.15) is 0 Å². The summed E-state index contributed by atoms with van der Waals surface area (Å²) in [5, 5.41) is 0.0638. The lowest BCUT2D eigenvalue weighted by molar-refractivity contribution is -0.139. The minimum atomic E-state index is -2.31. The highest BCUT2D eigenvalue weighted by Crippen LogP contribution is 2.39. The van der Waals surface area contributed by atoms with Crippen molar-refractivity contribution in [2.24, 2.45) is 17.8 Å². The van der Waals surface area contributed by atoms with E-state index < -0.39 is 55.0 Å². The number of allylic oxidation sites excluding steroid dienone is 2. The van der Waals surface area contributed by atoms with Crippen LogP contribution < -0.4 is 4.74 Å². The van der Waals surface area contributed by atoms with E-state index >= 15 is 0 Å². The lowest BCUT2D eigenvalue weighted by Gasteiger charge is -2.41. The Labute approximate surface area is 225 Å². The summed E-state index contributed by atoms with van der Waals surface area (Å²) >= 11 is 0. The molecule has 0 bridgehead atoms. The first-order valence-corrected chi connectivity index (χ1v) is 15.9. The number of carbonyl (C=O) groups excluding carboxylic acids is 1. The molecule has 0 aromatic heterocycles. The zero-order valence-corrected chi connectivity index (χ0v) is 25.5. The number of hydrogen-bond acceptors (Lipinski definition) is 3. The standard InChI is InChI=1S/C29H43F5O3Si/c1-12-18(4)26(37-38(10,11)29(7,8)9)19(5)14-16(2)13-17(3)15-20(6)28(35)36-27-24(33)22(31)21(30)23(32)25(27)34/h12,14,17,19-20,26H,13,15H2,1-11H3/b16-14+,18-12+/t17-,19+,20+,26-/m0/s1. The molecule has 0 saturated heterocycles. The van der Waals surface area contributed by atoms with Gasteiger partial charge >= 0.3 is 5.97 Å². The lowest BCUT2D eigenvalue weighted by atomic mass is 9.89. The number of carbonyl (C=O) groups is 1. The molecule has 0 aliphatic heterocycles. The Morgan fingerprint density at radius 1 is 0.921 bits per heavy atom. The van der Waals surface area contributed by atoms with Crippen LogP contribution in [-0.4, -0.2) is 20.4 Å². The molecule has 9 heteroatoms. The van der Waals surface area contributed by atoms with Crippen molar-refractivity contribution >= 4 is 14.3 Å². The first kappa shape index (κ1) is 34.0. The monoisotopic (exact) mass is 562 g/mol. The van der Waals surface area contributed by atoms with Crippen LogP contribution >= 0.6 is 0 Å². The van der Waals surface area contributed by atoms with E-state index in [-0.39, 0.29) is 23.0 Å². The SMILES string of the molecule is C/C=C(\C)[C@H](O[Si](C)(C)C(C)(C)C)[C@H](C)/C=C(\C)C[C@H](C)C[C@@H](C)C(=O)Oc1c(F)c(F)c(F)c(F)c1F. The quantitative estimate of drug-likeness (QED) is 0.0513. The Hall–Kier alpha value is -2.00. The van der Waals surface area contributed by atoms with Gasteiger partial charge in [-0.1, -0.05) is 59.3 Å². The molecular weight excluding hydrogens is 519 g/mol. The van der Waals surface area contributed by atoms with Crippen molar-refractivity contribution in [1.29, 1.82) is 0 Å². The molecule has 3 nitrogen and oxygen atoms in total. The third kappa shape index (κ3) is 8.50. The van der Waals surface area contributed by atoms with E-state index in [1.807, 2.05) is 20.8 Å². The van der Waals surface area contributed by atoms with E-state index in [9.17, 15) is 26.7 Å². The molecule has 1 aromatic carbocycles. The maximum Gasteiger partial charge on any atom is 0.314 e. The van der Waals surface area contributed by atoms with Gasteiger partial charge in [0, 0.05) is 5.92 Å². The van der Waals surface area contributed by atoms with Crippen molar-refractivity contribution in [2.75, 3.05) is 0 Å². The van der Waals surface area contributed by atoms with Crippen LogP contribution in [0.1, 0.15) is 75.2 Å². The second kappa shape index (κ2) is 13.4. The molecule has 0 spiro atoms. The molecule has 0 fully saturated rings. The average Bonchev–Trinajstić information content (AvgIpc) is 2.80. The molecule has 4 atom stereocenters. The largest absolute Gasteiger partial charge is 0.420 e. The number of benzene rings is 1. The van der Waals surface area contributed by atoms with Crippen LogP contribution in [-0.2, 0) is 9.22 Å². The molecule has 1 rings (SSSR count). The van der Waals surface area contributed by atoms with E-state index in [0.717, 1.165) is 11.1 Å². The fourth-order valence-corrected chi connectivity index (χ4v) is 5.47. The summed E-state index contributed by atoms with van der Waals surface area (Å²) in [6, 6.07) is 0. The van der Waals surface area contributed by atoms with Crippen molar-refractivity contribution in [1.82, 2.24) is 0 Å². The molecular formula is C29H43F5O3Si. The molecule has 0 amide bonds.